The Kier molecular flexibility index (Phi) is 3.36. The summed E-state index contributed by atoms with van der Waals surface area (Å²) >= 11 is 1.54. The molecule has 1 rings (SSSR count). The minimum atomic E-state index is 0. The standard InChI is InChI=1S/C4H4NS.Li/c1-4-5-2-3-6-4;/h2H,1H3;/q-1;+1. The van der Waals surface area contributed by atoms with Gasteiger partial charge >= 0.3 is 18.9 Å². The van der Waals surface area contributed by atoms with E-state index in [2.05, 4.69) is 10.4 Å². The summed E-state index contributed by atoms with van der Waals surface area (Å²) in [4.78, 5) is 3.88. The van der Waals surface area contributed by atoms with Crippen LogP contribution in [0.25, 0.3) is 0 Å². The molecule has 0 N–H and O–H groups in total. The van der Waals surface area contributed by atoms with Crippen molar-refractivity contribution in [3.05, 3.63) is 16.6 Å². The van der Waals surface area contributed by atoms with E-state index in [0.717, 1.165) is 5.01 Å². The monoisotopic (exact) mass is 105 g/mol. The quantitative estimate of drug-likeness (QED) is 0.282. The van der Waals surface area contributed by atoms with Crippen LogP contribution in [0, 0.1) is 12.3 Å². The number of aryl methyl sites for hydroxylation is 1. The number of hydrogen-bond acceptors (Lipinski definition) is 2. The molecule has 0 unspecified atom stereocenters. The van der Waals surface area contributed by atoms with Crippen molar-refractivity contribution >= 4 is 11.3 Å². The van der Waals surface area contributed by atoms with Gasteiger partial charge in [0.2, 0.25) is 0 Å². The summed E-state index contributed by atoms with van der Waals surface area (Å²) in [6.07, 6.45) is 1.68. The fourth-order valence-corrected chi connectivity index (χ4v) is 0.637. The van der Waals surface area contributed by atoms with Gasteiger partial charge in [-0.05, 0) is 0 Å². The topological polar surface area (TPSA) is 12.9 Å². The van der Waals surface area contributed by atoms with E-state index in [4.69, 9.17) is 0 Å². The van der Waals surface area contributed by atoms with Crippen molar-refractivity contribution in [3.63, 3.8) is 0 Å². The average Bonchev–Trinajstić information content (AvgIpc) is 1.86. The van der Waals surface area contributed by atoms with Crippen LogP contribution in [0.2, 0.25) is 0 Å². The first-order valence-electron chi connectivity index (χ1n) is 1.68. The van der Waals surface area contributed by atoms with E-state index in [9.17, 15) is 0 Å². The largest absolute Gasteiger partial charge is 1.00 e. The fourth-order valence-electron chi connectivity index (χ4n) is 0.255. The van der Waals surface area contributed by atoms with Gasteiger partial charge in [-0.3, -0.25) is 0 Å². The molecule has 3 heteroatoms. The first-order valence-corrected chi connectivity index (χ1v) is 2.50. The zero-order chi connectivity index (χ0) is 4.41. The van der Waals surface area contributed by atoms with Gasteiger partial charge in [0.1, 0.15) is 0 Å². The van der Waals surface area contributed by atoms with Gasteiger partial charge in [0.15, 0.2) is 0 Å². The van der Waals surface area contributed by atoms with Crippen LogP contribution in [-0.2, 0) is 0 Å². The van der Waals surface area contributed by atoms with Crippen molar-refractivity contribution in [1.82, 2.24) is 4.98 Å². The number of hydrogen-bond donors (Lipinski definition) is 0. The summed E-state index contributed by atoms with van der Waals surface area (Å²) in [5.41, 5.74) is 0. The molecule has 32 valence electrons. The van der Waals surface area contributed by atoms with Crippen LogP contribution in [0.15, 0.2) is 6.20 Å². The molecule has 0 aliphatic rings. The van der Waals surface area contributed by atoms with Gasteiger partial charge < -0.3 is 16.3 Å². The van der Waals surface area contributed by atoms with Crippen LogP contribution in [0.3, 0.4) is 0 Å². The molecule has 0 saturated heterocycles. The maximum Gasteiger partial charge on any atom is 1.00 e. The summed E-state index contributed by atoms with van der Waals surface area (Å²) in [7, 11) is 0. The molecule has 0 spiro atoms. The van der Waals surface area contributed by atoms with Gasteiger partial charge in [-0.15, -0.1) is 0 Å². The van der Waals surface area contributed by atoms with E-state index >= 15 is 0 Å². The van der Waals surface area contributed by atoms with Crippen LogP contribution in [0.5, 0.6) is 0 Å². The van der Waals surface area contributed by atoms with Crippen LogP contribution in [0.4, 0.5) is 0 Å². The molecular formula is C4H4LiNS. The summed E-state index contributed by atoms with van der Waals surface area (Å²) in [5.74, 6) is 0. The fraction of sp³-hybridized carbons (Fsp3) is 0.250. The van der Waals surface area contributed by atoms with Crippen LogP contribution in [0.1, 0.15) is 5.01 Å². The van der Waals surface area contributed by atoms with Crippen LogP contribution < -0.4 is 18.9 Å². The minimum absolute atomic E-state index is 0. The van der Waals surface area contributed by atoms with E-state index in [1.807, 2.05) is 6.92 Å². The van der Waals surface area contributed by atoms with E-state index in [1.54, 1.807) is 17.5 Å². The summed E-state index contributed by atoms with van der Waals surface area (Å²) in [5, 5.41) is 3.94. The molecule has 0 fully saturated rings. The van der Waals surface area contributed by atoms with E-state index in [1.165, 1.54) is 0 Å². The molecule has 1 nitrogen and oxygen atoms in total. The van der Waals surface area contributed by atoms with Crippen molar-refractivity contribution in [1.29, 1.82) is 0 Å². The van der Waals surface area contributed by atoms with Crippen molar-refractivity contribution in [2.75, 3.05) is 0 Å². The molecule has 0 bridgehead atoms. The molecule has 1 aromatic rings. The average molecular weight is 105 g/mol. The number of aromatic nitrogens is 1. The third-order valence-corrected chi connectivity index (χ3v) is 1.13. The molecule has 0 radical (unpaired) electrons. The zero-order valence-electron chi connectivity index (χ0n) is 4.43. The Labute approximate surface area is 59.0 Å². The van der Waals surface area contributed by atoms with Gasteiger partial charge in [0, 0.05) is 0 Å². The molecule has 0 saturated carbocycles. The van der Waals surface area contributed by atoms with Gasteiger partial charge in [-0.1, -0.05) is 18.1 Å². The molecule has 0 aliphatic carbocycles. The van der Waals surface area contributed by atoms with Crippen molar-refractivity contribution < 1.29 is 18.9 Å². The summed E-state index contributed by atoms with van der Waals surface area (Å²) in [6.45, 7) is 1.96. The molecule has 1 heterocycles. The van der Waals surface area contributed by atoms with E-state index in [0.29, 0.717) is 0 Å². The first-order chi connectivity index (χ1) is 2.89. The van der Waals surface area contributed by atoms with Gasteiger partial charge in [0.05, 0.1) is 0 Å². The van der Waals surface area contributed by atoms with Gasteiger partial charge in [-0.25, -0.2) is 0 Å². The Morgan fingerprint density at radius 2 is 2.57 bits per heavy atom. The summed E-state index contributed by atoms with van der Waals surface area (Å²) < 4.78 is 0. The molecule has 0 amide bonds. The Bertz CT molecular complexity index is 115. The van der Waals surface area contributed by atoms with Gasteiger partial charge in [-0.2, -0.15) is 5.38 Å². The second kappa shape index (κ2) is 3.26. The molecule has 0 aliphatic heterocycles. The predicted molar refractivity (Wildman–Crippen MR) is 25.7 cm³/mol. The van der Waals surface area contributed by atoms with Crippen molar-refractivity contribution in [2.45, 2.75) is 6.92 Å². The molecule has 7 heavy (non-hydrogen) atoms. The SMILES string of the molecule is Cc1nc[c-]s1.[Li+]. The second-order valence-corrected chi connectivity index (χ2v) is 2.03. The molecule has 0 aromatic carbocycles. The second-order valence-electron chi connectivity index (χ2n) is 0.997. The Balaban J connectivity index is 0.000000360. The molecule has 1 aromatic heterocycles. The smallest absolute Gasteiger partial charge is 0.365 e. The number of thiazole rings is 1. The van der Waals surface area contributed by atoms with Crippen LogP contribution >= 0.6 is 11.3 Å². The predicted octanol–water partition coefficient (Wildman–Crippen LogP) is -1.74. The number of rotatable bonds is 0. The maximum absolute atomic E-state index is 3.88. The third-order valence-electron chi connectivity index (χ3n) is 0.506. The maximum atomic E-state index is 3.88. The molecular weight excluding hydrogens is 101 g/mol. The summed E-state index contributed by atoms with van der Waals surface area (Å²) in [6, 6.07) is 0. The number of nitrogens with zero attached hydrogens (tertiary/aromatic N) is 1. The molecule has 0 atom stereocenters. The first kappa shape index (κ1) is 7.23. The Morgan fingerprint density at radius 1 is 1.86 bits per heavy atom. The van der Waals surface area contributed by atoms with Crippen LogP contribution in [-0.4, -0.2) is 4.98 Å². The Morgan fingerprint density at radius 3 is 2.71 bits per heavy atom. The van der Waals surface area contributed by atoms with E-state index in [-0.39, 0.29) is 18.9 Å². The zero-order valence-corrected chi connectivity index (χ0v) is 5.25. The minimum Gasteiger partial charge on any atom is -0.365 e. The van der Waals surface area contributed by atoms with Gasteiger partial charge in [0.25, 0.3) is 0 Å². The Hall–Kier alpha value is 0.227. The third kappa shape index (κ3) is 2.13. The van der Waals surface area contributed by atoms with Crippen molar-refractivity contribution in [3.8, 4) is 0 Å². The van der Waals surface area contributed by atoms with E-state index < -0.39 is 0 Å². The van der Waals surface area contributed by atoms with Crippen molar-refractivity contribution in [2.24, 2.45) is 0 Å². The normalized spacial score (nSPS) is 7.57.